The molecule has 2 heterocycles. The van der Waals surface area contributed by atoms with Crippen LogP contribution in [0.1, 0.15) is 44.2 Å². The number of nitrogens with one attached hydrogen (secondary N) is 1. The molecule has 0 saturated carbocycles. The average Bonchev–Trinajstić information content (AvgIpc) is 3.00. The Kier molecular flexibility index (Phi) is 6.18. The van der Waals surface area contributed by atoms with Gasteiger partial charge in [0.05, 0.1) is 5.69 Å². The van der Waals surface area contributed by atoms with Crippen LogP contribution in [-0.2, 0) is 11.2 Å². The fourth-order valence-corrected chi connectivity index (χ4v) is 3.92. The predicted molar refractivity (Wildman–Crippen MR) is 124 cm³/mol. The summed E-state index contributed by atoms with van der Waals surface area (Å²) >= 11 is 0. The molecule has 0 spiro atoms. The number of carbonyl (C=O) groups excluding carboxylic acids is 1. The summed E-state index contributed by atoms with van der Waals surface area (Å²) in [6, 6.07) is 18.4. The highest BCUT2D eigenvalue weighted by molar-refractivity contribution is 6.09. The van der Waals surface area contributed by atoms with Gasteiger partial charge >= 0.3 is 0 Å². The van der Waals surface area contributed by atoms with Crippen molar-refractivity contribution in [3.8, 4) is 0 Å². The molecule has 1 saturated heterocycles. The molecule has 1 unspecified atom stereocenters. The average molecular weight is 419 g/mol. The van der Waals surface area contributed by atoms with Crippen molar-refractivity contribution in [2.24, 2.45) is 9.98 Å². The Morgan fingerprint density at radius 2 is 1.77 bits per heavy atom. The maximum absolute atomic E-state index is 12.3. The first kappa shape index (κ1) is 21.2. The Morgan fingerprint density at radius 3 is 2.48 bits per heavy atom. The lowest BCUT2D eigenvalue weighted by Crippen LogP contribution is -2.52. The number of likely N-dealkylation sites (tertiary alicyclic amines) is 1. The Bertz CT molecular complexity index is 990. The molecular weight excluding hydrogens is 388 g/mol. The predicted octanol–water partition coefficient (Wildman–Crippen LogP) is 3.46. The molecule has 0 aromatic heterocycles. The minimum atomic E-state index is -1.31. The zero-order valence-electron chi connectivity index (χ0n) is 18.2. The second kappa shape index (κ2) is 9.02. The molecule has 31 heavy (non-hydrogen) atoms. The maximum Gasteiger partial charge on any atom is 0.251 e. The number of para-hydroxylation sites is 1. The van der Waals surface area contributed by atoms with Crippen molar-refractivity contribution in [3.05, 3.63) is 65.7 Å². The van der Waals surface area contributed by atoms with Gasteiger partial charge in [-0.2, -0.15) is 0 Å². The SMILES string of the molecule is CCC(C)(O)C(=O)NC1CCN(C2=NC(c3ccccc3)=Nc3ccccc3C2)CC1. The van der Waals surface area contributed by atoms with Gasteiger partial charge < -0.3 is 15.3 Å². The van der Waals surface area contributed by atoms with E-state index in [0.29, 0.717) is 6.42 Å². The number of rotatable bonds is 4. The van der Waals surface area contributed by atoms with Crippen LogP contribution in [0.25, 0.3) is 0 Å². The quantitative estimate of drug-likeness (QED) is 0.798. The lowest BCUT2D eigenvalue weighted by atomic mass is 9.99. The Hall–Kier alpha value is -2.99. The smallest absolute Gasteiger partial charge is 0.251 e. The van der Waals surface area contributed by atoms with Crippen molar-refractivity contribution >= 4 is 23.3 Å². The minimum Gasteiger partial charge on any atom is -0.380 e. The van der Waals surface area contributed by atoms with Gasteiger partial charge in [-0.25, -0.2) is 9.98 Å². The summed E-state index contributed by atoms with van der Waals surface area (Å²) in [4.78, 5) is 24.5. The summed E-state index contributed by atoms with van der Waals surface area (Å²) in [6.07, 6.45) is 2.78. The van der Waals surface area contributed by atoms with Gasteiger partial charge in [0, 0.05) is 31.1 Å². The molecule has 1 amide bonds. The lowest BCUT2D eigenvalue weighted by Gasteiger charge is -2.35. The third kappa shape index (κ3) is 4.85. The number of hydrogen-bond acceptors (Lipinski definition) is 5. The van der Waals surface area contributed by atoms with Crippen molar-refractivity contribution in [1.82, 2.24) is 10.2 Å². The molecule has 0 radical (unpaired) electrons. The van der Waals surface area contributed by atoms with Crippen LogP contribution in [0.5, 0.6) is 0 Å². The van der Waals surface area contributed by atoms with Gasteiger partial charge in [-0.3, -0.25) is 4.79 Å². The van der Waals surface area contributed by atoms with E-state index in [1.165, 1.54) is 5.56 Å². The fraction of sp³-hybridized carbons (Fsp3) is 0.400. The van der Waals surface area contributed by atoms with Crippen LogP contribution in [0.4, 0.5) is 5.69 Å². The van der Waals surface area contributed by atoms with E-state index < -0.39 is 5.60 Å². The normalized spacial score (nSPS) is 18.9. The molecule has 6 heteroatoms. The van der Waals surface area contributed by atoms with Crippen LogP contribution in [0, 0.1) is 0 Å². The van der Waals surface area contributed by atoms with E-state index in [0.717, 1.165) is 55.3 Å². The number of hydrogen-bond donors (Lipinski definition) is 2. The Balaban J connectivity index is 1.51. The van der Waals surface area contributed by atoms with Crippen molar-refractivity contribution < 1.29 is 9.90 Å². The lowest BCUT2D eigenvalue weighted by molar-refractivity contribution is -0.139. The molecule has 6 nitrogen and oxygen atoms in total. The van der Waals surface area contributed by atoms with Crippen molar-refractivity contribution in [2.45, 2.75) is 51.2 Å². The van der Waals surface area contributed by atoms with Crippen LogP contribution in [0.2, 0.25) is 0 Å². The van der Waals surface area contributed by atoms with Crippen molar-refractivity contribution in [3.63, 3.8) is 0 Å². The number of piperidine rings is 1. The number of benzene rings is 2. The molecule has 1 atom stereocenters. The first-order chi connectivity index (χ1) is 15.0. The number of aliphatic imine (C=N–C) groups is 2. The standard InChI is InChI=1S/C25H30N4O2/c1-3-25(2,31)24(30)26-20-13-15-29(16-14-20)22-17-19-11-7-8-12-21(19)27-23(28-22)18-9-5-4-6-10-18/h4-12,20,31H,3,13-17H2,1-2H3,(H,26,30). The highest BCUT2D eigenvalue weighted by atomic mass is 16.3. The number of aliphatic hydroxyl groups is 1. The summed E-state index contributed by atoms with van der Waals surface area (Å²) in [5.74, 6) is 1.46. The highest BCUT2D eigenvalue weighted by Crippen LogP contribution is 2.26. The molecule has 0 bridgehead atoms. The van der Waals surface area contributed by atoms with Gasteiger partial charge in [0.15, 0.2) is 5.84 Å². The van der Waals surface area contributed by atoms with E-state index in [4.69, 9.17) is 9.98 Å². The monoisotopic (exact) mass is 418 g/mol. The van der Waals surface area contributed by atoms with Crippen LogP contribution < -0.4 is 5.32 Å². The largest absolute Gasteiger partial charge is 0.380 e. The number of carbonyl (C=O) groups is 1. The van der Waals surface area contributed by atoms with E-state index in [9.17, 15) is 9.90 Å². The van der Waals surface area contributed by atoms with Gasteiger partial charge in [-0.05, 0) is 37.8 Å². The zero-order valence-corrected chi connectivity index (χ0v) is 18.2. The Labute approximate surface area is 183 Å². The molecule has 2 aromatic carbocycles. The molecule has 2 aliphatic rings. The van der Waals surface area contributed by atoms with E-state index >= 15 is 0 Å². The fourth-order valence-electron chi connectivity index (χ4n) is 3.92. The molecule has 4 rings (SSSR count). The van der Waals surface area contributed by atoms with Crippen LogP contribution in [-0.4, -0.2) is 52.3 Å². The molecule has 162 valence electrons. The van der Waals surface area contributed by atoms with E-state index in [2.05, 4.69) is 16.3 Å². The molecule has 0 aliphatic carbocycles. The Morgan fingerprint density at radius 1 is 1.10 bits per heavy atom. The molecular formula is C25H30N4O2. The summed E-state index contributed by atoms with van der Waals surface area (Å²) < 4.78 is 0. The second-order valence-corrected chi connectivity index (χ2v) is 8.50. The third-order valence-electron chi connectivity index (χ3n) is 6.21. The van der Waals surface area contributed by atoms with Crippen molar-refractivity contribution in [1.29, 1.82) is 0 Å². The number of nitrogens with zero attached hydrogens (tertiary/aromatic N) is 3. The van der Waals surface area contributed by atoms with Gasteiger partial charge in [0.2, 0.25) is 0 Å². The van der Waals surface area contributed by atoms with Gasteiger partial charge in [-0.1, -0.05) is 55.5 Å². The third-order valence-corrected chi connectivity index (χ3v) is 6.21. The summed E-state index contributed by atoms with van der Waals surface area (Å²) in [6.45, 7) is 5.00. The molecule has 2 aromatic rings. The second-order valence-electron chi connectivity index (χ2n) is 8.50. The first-order valence-electron chi connectivity index (χ1n) is 11.0. The summed E-state index contributed by atoms with van der Waals surface area (Å²) in [7, 11) is 0. The van der Waals surface area contributed by atoms with Gasteiger partial charge in [0.25, 0.3) is 5.91 Å². The molecule has 2 N–H and O–H groups in total. The topological polar surface area (TPSA) is 77.3 Å². The van der Waals surface area contributed by atoms with Crippen LogP contribution >= 0.6 is 0 Å². The zero-order chi connectivity index (χ0) is 21.8. The van der Waals surface area contributed by atoms with E-state index in [-0.39, 0.29) is 11.9 Å². The van der Waals surface area contributed by atoms with Gasteiger partial charge in [0.1, 0.15) is 11.4 Å². The van der Waals surface area contributed by atoms with E-state index in [1.54, 1.807) is 6.92 Å². The maximum atomic E-state index is 12.3. The number of amides is 1. The first-order valence-corrected chi connectivity index (χ1v) is 11.0. The van der Waals surface area contributed by atoms with E-state index in [1.807, 2.05) is 55.5 Å². The summed E-state index contributed by atoms with van der Waals surface area (Å²) in [5.41, 5.74) is 1.82. The molecule has 1 fully saturated rings. The summed E-state index contributed by atoms with van der Waals surface area (Å²) in [5, 5.41) is 13.2. The van der Waals surface area contributed by atoms with Gasteiger partial charge in [-0.15, -0.1) is 0 Å². The number of fused-ring (bicyclic) bond motifs is 1. The number of amidine groups is 2. The van der Waals surface area contributed by atoms with Crippen LogP contribution in [0.15, 0.2) is 64.6 Å². The van der Waals surface area contributed by atoms with Crippen LogP contribution in [0.3, 0.4) is 0 Å². The minimum absolute atomic E-state index is 0.0719. The molecule has 2 aliphatic heterocycles. The highest BCUT2D eigenvalue weighted by Gasteiger charge is 2.31. The van der Waals surface area contributed by atoms with Crippen molar-refractivity contribution in [2.75, 3.05) is 13.1 Å².